The van der Waals surface area contributed by atoms with E-state index >= 15 is 0 Å². The molecule has 1 atom stereocenters. The molecule has 0 aromatic heterocycles. The van der Waals surface area contributed by atoms with E-state index in [4.69, 9.17) is 5.73 Å². The summed E-state index contributed by atoms with van der Waals surface area (Å²) >= 11 is 0. The summed E-state index contributed by atoms with van der Waals surface area (Å²) in [5, 5.41) is 3.03. The Kier molecular flexibility index (Phi) is 2.49. The topological polar surface area (TPSA) is 58.4 Å². The number of rotatable bonds is 2. The van der Waals surface area contributed by atoms with Gasteiger partial charge in [0, 0.05) is 19.1 Å². The van der Waals surface area contributed by atoms with Gasteiger partial charge in [-0.2, -0.15) is 0 Å². The number of nitrogens with two attached hydrogens (primary N) is 1. The quantitative estimate of drug-likeness (QED) is 0.638. The second kappa shape index (κ2) is 3.51. The molecular formula is C10H19N3O. The van der Waals surface area contributed by atoms with Gasteiger partial charge in [0.1, 0.15) is 5.54 Å². The van der Waals surface area contributed by atoms with Crippen molar-refractivity contribution in [2.75, 3.05) is 20.1 Å². The highest BCUT2D eigenvalue weighted by Gasteiger charge is 2.40. The third-order valence-electron chi connectivity index (χ3n) is 3.38. The van der Waals surface area contributed by atoms with Crippen molar-refractivity contribution in [2.45, 2.75) is 37.3 Å². The third-order valence-corrected chi connectivity index (χ3v) is 3.38. The molecule has 2 rings (SSSR count). The lowest BCUT2D eigenvalue weighted by Crippen LogP contribution is -2.58. The highest BCUT2D eigenvalue weighted by Crippen LogP contribution is 2.21. The molecular weight excluding hydrogens is 178 g/mol. The van der Waals surface area contributed by atoms with E-state index in [9.17, 15) is 4.79 Å². The Morgan fingerprint density at radius 3 is 2.71 bits per heavy atom. The number of carbonyl (C=O) groups excluding carboxylic acids is 1. The Morgan fingerprint density at radius 1 is 1.57 bits per heavy atom. The smallest absolute Gasteiger partial charge is 0.241 e. The number of nitrogens with zero attached hydrogens (tertiary/aromatic N) is 1. The summed E-state index contributed by atoms with van der Waals surface area (Å²) in [6.45, 7) is 1.61. The molecule has 1 saturated heterocycles. The van der Waals surface area contributed by atoms with Gasteiger partial charge in [-0.05, 0) is 32.7 Å². The van der Waals surface area contributed by atoms with Crippen LogP contribution in [-0.4, -0.2) is 42.5 Å². The summed E-state index contributed by atoms with van der Waals surface area (Å²) < 4.78 is 0. The van der Waals surface area contributed by atoms with E-state index in [-0.39, 0.29) is 5.91 Å². The van der Waals surface area contributed by atoms with Crippen LogP contribution in [0.3, 0.4) is 0 Å². The van der Waals surface area contributed by atoms with E-state index in [0.29, 0.717) is 12.6 Å². The van der Waals surface area contributed by atoms with Gasteiger partial charge in [0.2, 0.25) is 5.91 Å². The van der Waals surface area contributed by atoms with Crippen molar-refractivity contribution in [3.05, 3.63) is 0 Å². The molecule has 1 aliphatic carbocycles. The van der Waals surface area contributed by atoms with Crippen molar-refractivity contribution in [3.8, 4) is 0 Å². The summed E-state index contributed by atoms with van der Waals surface area (Å²) in [7, 11) is 2.01. The van der Waals surface area contributed by atoms with Crippen LogP contribution in [0.15, 0.2) is 0 Å². The lowest BCUT2D eigenvalue weighted by Gasteiger charge is -2.31. The number of likely N-dealkylation sites (tertiary alicyclic amines) is 1. The first-order valence-electron chi connectivity index (χ1n) is 5.38. The fraction of sp³-hybridized carbons (Fsp3) is 0.900. The molecule has 1 saturated carbocycles. The Hall–Kier alpha value is -0.610. The lowest BCUT2D eigenvalue weighted by molar-refractivity contribution is -0.127. The Bertz CT molecular complexity index is 240. The van der Waals surface area contributed by atoms with Crippen LogP contribution in [0.5, 0.6) is 0 Å². The van der Waals surface area contributed by atoms with Crippen LogP contribution in [-0.2, 0) is 4.79 Å². The van der Waals surface area contributed by atoms with E-state index in [1.54, 1.807) is 0 Å². The molecule has 0 aromatic carbocycles. The number of amides is 1. The minimum Gasteiger partial charge on any atom is -0.352 e. The van der Waals surface area contributed by atoms with E-state index in [2.05, 4.69) is 10.2 Å². The maximum atomic E-state index is 11.9. The Morgan fingerprint density at radius 2 is 2.29 bits per heavy atom. The van der Waals surface area contributed by atoms with Gasteiger partial charge in [-0.1, -0.05) is 0 Å². The van der Waals surface area contributed by atoms with Crippen LogP contribution < -0.4 is 11.1 Å². The molecule has 14 heavy (non-hydrogen) atoms. The van der Waals surface area contributed by atoms with E-state index < -0.39 is 5.54 Å². The minimum atomic E-state index is -0.635. The van der Waals surface area contributed by atoms with E-state index in [1.165, 1.54) is 6.42 Å². The fourth-order valence-corrected chi connectivity index (χ4v) is 2.10. The second-order valence-electron chi connectivity index (χ2n) is 4.75. The molecule has 1 aliphatic heterocycles. The molecule has 1 amide bonds. The molecule has 4 nitrogen and oxygen atoms in total. The Labute approximate surface area is 84.8 Å². The number of hydrogen-bond acceptors (Lipinski definition) is 3. The van der Waals surface area contributed by atoms with Crippen LogP contribution in [0.4, 0.5) is 0 Å². The normalized spacial score (nSPS) is 34.1. The zero-order valence-electron chi connectivity index (χ0n) is 8.75. The number of nitrogens with one attached hydrogen (secondary N) is 1. The molecule has 2 fully saturated rings. The first-order chi connectivity index (χ1) is 6.60. The monoisotopic (exact) mass is 197 g/mol. The lowest BCUT2D eigenvalue weighted by atomic mass is 9.91. The molecule has 0 spiro atoms. The van der Waals surface area contributed by atoms with Crippen LogP contribution >= 0.6 is 0 Å². The molecule has 4 heteroatoms. The van der Waals surface area contributed by atoms with Gasteiger partial charge >= 0.3 is 0 Å². The van der Waals surface area contributed by atoms with Crippen LogP contribution in [0.25, 0.3) is 0 Å². The minimum absolute atomic E-state index is 0.0477. The third kappa shape index (κ3) is 1.77. The van der Waals surface area contributed by atoms with Gasteiger partial charge in [0.15, 0.2) is 0 Å². The van der Waals surface area contributed by atoms with Crippen LogP contribution in [0, 0.1) is 0 Å². The molecule has 0 radical (unpaired) electrons. The second-order valence-corrected chi connectivity index (χ2v) is 4.75. The number of carbonyl (C=O) groups is 1. The van der Waals surface area contributed by atoms with Gasteiger partial charge in [-0.15, -0.1) is 0 Å². The zero-order valence-corrected chi connectivity index (χ0v) is 8.75. The molecule has 80 valence electrons. The van der Waals surface area contributed by atoms with Crippen molar-refractivity contribution in [1.29, 1.82) is 0 Å². The number of likely N-dealkylation sites (N-methyl/N-ethyl adjacent to an activating group) is 1. The van der Waals surface area contributed by atoms with Crippen molar-refractivity contribution >= 4 is 5.91 Å². The number of hydrogen-bond donors (Lipinski definition) is 2. The molecule has 0 aromatic rings. The zero-order chi connectivity index (χ0) is 10.2. The van der Waals surface area contributed by atoms with Gasteiger partial charge < -0.3 is 16.0 Å². The van der Waals surface area contributed by atoms with Crippen LogP contribution in [0.2, 0.25) is 0 Å². The van der Waals surface area contributed by atoms with E-state index in [0.717, 1.165) is 25.8 Å². The van der Waals surface area contributed by atoms with Gasteiger partial charge in [0.25, 0.3) is 0 Å². The SMILES string of the molecule is CN1CCC(N)(C(=O)NC2CCC2)C1. The average Bonchev–Trinajstić information content (AvgIpc) is 2.40. The highest BCUT2D eigenvalue weighted by atomic mass is 16.2. The molecule has 0 bridgehead atoms. The fourth-order valence-electron chi connectivity index (χ4n) is 2.10. The van der Waals surface area contributed by atoms with Crippen LogP contribution in [0.1, 0.15) is 25.7 Å². The summed E-state index contributed by atoms with van der Waals surface area (Å²) in [4.78, 5) is 14.0. The van der Waals surface area contributed by atoms with Gasteiger partial charge in [-0.3, -0.25) is 4.79 Å². The summed E-state index contributed by atoms with van der Waals surface area (Å²) in [6.07, 6.45) is 4.26. The van der Waals surface area contributed by atoms with Crippen molar-refractivity contribution in [2.24, 2.45) is 5.73 Å². The highest BCUT2D eigenvalue weighted by molar-refractivity contribution is 5.87. The van der Waals surface area contributed by atoms with Gasteiger partial charge in [-0.25, -0.2) is 0 Å². The largest absolute Gasteiger partial charge is 0.352 e. The summed E-state index contributed by atoms with van der Waals surface area (Å²) in [5.41, 5.74) is 5.43. The summed E-state index contributed by atoms with van der Waals surface area (Å²) in [5.74, 6) is 0.0477. The first kappa shape index (κ1) is 9.93. The molecule has 1 unspecified atom stereocenters. The first-order valence-corrected chi connectivity index (χ1v) is 5.38. The van der Waals surface area contributed by atoms with Crippen molar-refractivity contribution in [3.63, 3.8) is 0 Å². The molecule has 3 N–H and O–H groups in total. The maximum absolute atomic E-state index is 11.9. The van der Waals surface area contributed by atoms with Crippen molar-refractivity contribution < 1.29 is 4.79 Å². The van der Waals surface area contributed by atoms with Crippen molar-refractivity contribution in [1.82, 2.24) is 10.2 Å². The standard InChI is InChI=1S/C10H19N3O/c1-13-6-5-10(11,7-13)9(14)12-8-3-2-4-8/h8H,2-7,11H2,1H3,(H,12,14). The molecule has 2 aliphatic rings. The predicted octanol–water partition coefficient (Wildman–Crippen LogP) is -0.312. The summed E-state index contributed by atoms with van der Waals surface area (Å²) in [6, 6.07) is 0.397. The molecule has 1 heterocycles. The van der Waals surface area contributed by atoms with E-state index in [1.807, 2.05) is 7.05 Å². The van der Waals surface area contributed by atoms with Gasteiger partial charge in [0.05, 0.1) is 0 Å². The average molecular weight is 197 g/mol. The Balaban J connectivity index is 1.89. The predicted molar refractivity (Wildman–Crippen MR) is 54.8 cm³/mol. The maximum Gasteiger partial charge on any atom is 0.241 e.